The van der Waals surface area contributed by atoms with Crippen molar-refractivity contribution in [3.8, 4) is 11.6 Å². The van der Waals surface area contributed by atoms with Crippen LogP contribution in [0.25, 0.3) is 11.6 Å². The van der Waals surface area contributed by atoms with E-state index in [9.17, 15) is 4.79 Å². The molecule has 0 aliphatic heterocycles. The zero-order valence-electron chi connectivity index (χ0n) is 13.8. The van der Waals surface area contributed by atoms with Crippen LogP contribution in [0.5, 0.6) is 0 Å². The average Bonchev–Trinajstić information content (AvgIpc) is 3.12. The fraction of sp³-hybridized carbons (Fsp3) is 0.222. The van der Waals surface area contributed by atoms with Gasteiger partial charge in [0.2, 0.25) is 11.8 Å². The fourth-order valence-electron chi connectivity index (χ4n) is 2.32. The normalized spacial score (nSPS) is 10.7. The van der Waals surface area contributed by atoms with E-state index < -0.39 is 0 Å². The molecule has 134 valence electrons. The molecule has 2 aromatic heterocycles. The zero-order valence-corrected chi connectivity index (χ0v) is 15.3. The largest absolute Gasteiger partial charge is 0.419 e. The molecule has 1 aromatic carbocycles. The van der Waals surface area contributed by atoms with Crippen LogP contribution in [0, 0.1) is 0 Å². The van der Waals surface area contributed by atoms with Gasteiger partial charge >= 0.3 is 0 Å². The first-order valence-electron chi connectivity index (χ1n) is 8.06. The van der Waals surface area contributed by atoms with Gasteiger partial charge in [-0.05, 0) is 36.2 Å². The SMILES string of the molecule is O=C(CCc1nnc(-c2ccccn2)o1)NCCc1ccc(Cl)cc1Cl. The first-order valence-corrected chi connectivity index (χ1v) is 8.82. The lowest BCUT2D eigenvalue weighted by Gasteiger charge is -2.06. The molecule has 8 heteroatoms. The number of aromatic nitrogens is 3. The maximum absolute atomic E-state index is 12.0. The minimum atomic E-state index is -0.0901. The van der Waals surface area contributed by atoms with Crippen molar-refractivity contribution in [3.63, 3.8) is 0 Å². The summed E-state index contributed by atoms with van der Waals surface area (Å²) in [7, 11) is 0. The summed E-state index contributed by atoms with van der Waals surface area (Å²) in [4.78, 5) is 16.1. The molecule has 26 heavy (non-hydrogen) atoms. The molecule has 1 N–H and O–H groups in total. The van der Waals surface area contributed by atoms with Crippen molar-refractivity contribution >= 4 is 29.1 Å². The number of nitrogens with zero attached hydrogens (tertiary/aromatic N) is 3. The summed E-state index contributed by atoms with van der Waals surface area (Å²) in [5, 5.41) is 11.9. The molecule has 0 radical (unpaired) electrons. The van der Waals surface area contributed by atoms with Crippen LogP contribution < -0.4 is 5.32 Å². The van der Waals surface area contributed by atoms with E-state index >= 15 is 0 Å². The quantitative estimate of drug-likeness (QED) is 0.664. The lowest BCUT2D eigenvalue weighted by Crippen LogP contribution is -2.26. The highest BCUT2D eigenvalue weighted by Crippen LogP contribution is 2.21. The molecule has 0 fully saturated rings. The van der Waals surface area contributed by atoms with Crippen LogP contribution in [-0.2, 0) is 17.6 Å². The van der Waals surface area contributed by atoms with Gasteiger partial charge in [-0.15, -0.1) is 10.2 Å². The van der Waals surface area contributed by atoms with Crippen molar-refractivity contribution in [1.29, 1.82) is 0 Å². The molecule has 0 saturated heterocycles. The Morgan fingerprint density at radius 3 is 2.77 bits per heavy atom. The minimum absolute atomic E-state index is 0.0901. The Morgan fingerprint density at radius 1 is 1.12 bits per heavy atom. The maximum atomic E-state index is 12.0. The van der Waals surface area contributed by atoms with E-state index in [0.29, 0.717) is 46.9 Å². The van der Waals surface area contributed by atoms with E-state index in [-0.39, 0.29) is 12.3 Å². The summed E-state index contributed by atoms with van der Waals surface area (Å²) in [6.07, 6.45) is 2.91. The standard InChI is InChI=1S/C18H16Cl2N4O2/c19-13-5-4-12(14(20)11-13)8-10-22-16(25)6-7-17-23-24-18(26-17)15-3-1-2-9-21-15/h1-5,9,11H,6-8,10H2,(H,22,25). The van der Waals surface area contributed by atoms with Crippen molar-refractivity contribution in [3.05, 3.63) is 64.1 Å². The van der Waals surface area contributed by atoms with Crippen molar-refractivity contribution in [1.82, 2.24) is 20.5 Å². The lowest BCUT2D eigenvalue weighted by atomic mass is 10.1. The Balaban J connectivity index is 1.44. The number of aryl methyl sites for hydroxylation is 1. The van der Waals surface area contributed by atoms with Gasteiger partial charge in [0.25, 0.3) is 5.89 Å². The van der Waals surface area contributed by atoms with Gasteiger partial charge in [0.05, 0.1) is 0 Å². The van der Waals surface area contributed by atoms with Crippen molar-refractivity contribution in [2.75, 3.05) is 6.54 Å². The number of pyridine rings is 1. The molecule has 0 unspecified atom stereocenters. The summed E-state index contributed by atoms with van der Waals surface area (Å²) in [5.74, 6) is 0.660. The number of hydrogen-bond acceptors (Lipinski definition) is 5. The molecule has 2 heterocycles. The van der Waals surface area contributed by atoms with Gasteiger partial charge in [-0.1, -0.05) is 35.3 Å². The Kier molecular flexibility index (Phi) is 6.20. The maximum Gasteiger partial charge on any atom is 0.266 e. The van der Waals surface area contributed by atoms with Crippen LogP contribution in [0.15, 0.2) is 47.0 Å². The molecule has 0 saturated carbocycles. The number of carbonyl (C=O) groups is 1. The molecule has 0 atom stereocenters. The Morgan fingerprint density at radius 2 is 2.00 bits per heavy atom. The number of halogens is 2. The van der Waals surface area contributed by atoms with Crippen molar-refractivity contribution in [2.24, 2.45) is 0 Å². The molecule has 0 spiro atoms. The van der Waals surface area contributed by atoms with Gasteiger partial charge in [0.15, 0.2) is 0 Å². The van der Waals surface area contributed by atoms with Gasteiger partial charge in [0.1, 0.15) is 5.69 Å². The summed E-state index contributed by atoms with van der Waals surface area (Å²) < 4.78 is 5.53. The van der Waals surface area contributed by atoms with Crippen LogP contribution in [0.1, 0.15) is 17.9 Å². The highest BCUT2D eigenvalue weighted by atomic mass is 35.5. The second kappa shape index (κ2) is 8.78. The number of benzene rings is 1. The number of nitrogens with one attached hydrogen (secondary N) is 1. The summed E-state index contributed by atoms with van der Waals surface area (Å²) >= 11 is 12.0. The van der Waals surface area contributed by atoms with E-state index in [1.54, 1.807) is 24.4 Å². The topological polar surface area (TPSA) is 80.9 Å². The number of hydrogen-bond donors (Lipinski definition) is 1. The van der Waals surface area contributed by atoms with E-state index in [4.69, 9.17) is 27.6 Å². The molecule has 0 aliphatic rings. The Labute approximate surface area is 160 Å². The predicted octanol–water partition coefficient (Wildman–Crippen LogP) is 3.73. The molecular weight excluding hydrogens is 375 g/mol. The van der Waals surface area contributed by atoms with Crippen LogP contribution in [0.3, 0.4) is 0 Å². The first-order chi connectivity index (χ1) is 12.6. The highest BCUT2D eigenvalue weighted by molar-refractivity contribution is 6.35. The second-order valence-corrected chi connectivity index (χ2v) is 6.40. The molecule has 0 aliphatic carbocycles. The molecular formula is C18H16Cl2N4O2. The van der Waals surface area contributed by atoms with E-state index in [2.05, 4.69) is 20.5 Å². The van der Waals surface area contributed by atoms with E-state index in [1.807, 2.05) is 18.2 Å². The Bertz CT molecular complexity index is 884. The molecule has 3 aromatic rings. The summed E-state index contributed by atoms with van der Waals surface area (Å²) in [6, 6.07) is 10.8. The minimum Gasteiger partial charge on any atom is -0.419 e. The lowest BCUT2D eigenvalue weighted by molar-refractivity contribution is -0.121. The van der Waals surface area contributed by atoms with E-state index in [0.717, 1.165) is 5.56 Å². The van der Waals surface area contributed by atoms with Gasteiger partial charge in [-0.25, -0.2) is 0 Å². The summed E-state index contributed by atoms with van der Waals surface area (Å²) in [5.41, 5.74) is 1.55. The highest BCUT2D eigenvalue weighted by Gasteiger charge is 2.11. The number of amides is 1. The zero-order chi connectivity index (χ0) is 18.4. The van der Waals surface area contributed by atoms with Crippen molar-refractivity contribution < 1.29 is 9.21 Å². The third-order valence-corrected chi connectivity index (χ3v) is 4.24. The van der Waals surface area contributed by atoms with Crippen molar-refractivity contribution in [2.45, 2.75) is 19.3 Å². The van der Waals surface area contributed by atoms with Crippen LogP contribution in [0.2, 0.25) is 10.0 Å². The molecule has 1 amide bonds. The van der Waals surface area contributed by atoms with Crippen LogP contribution in [-0.4, -0.2) is 27.6 Å². The molecule has 6 nitrogen and oxygen atoms in total. The van der Waals surface area contributed by atoms with Gasteiger partial charge < -0.3 is 9.73 Å². The monoisotopic (exact) mass is 390 g/mol. The predicted molar refractivity (Wildman–Crippen MR) is 99.0 cm³/mol. The summed E-state index contributed by atoms with van der Waals surface area (Å²) in [6.45, 7) is 0.489. The molecule has 0 bridgehead atoms. The van der Waals surface area contributed by atoms with Gasteiger partial charge in [0, 0.05) is 35.6 Å². The average molecular weight is 391 g/mol. The van der Waals surface area contributed by atoms with E-state index in [1.165, 1.54) is 0 Å². The Hall–Kier alpha value is -2.44. The first kappa shape index (κ1) is 18.4. The number of carbonyl (C=O) groups excluding carboxylic acids is 1. The van der Waals surface area contributed by atoms with Gasteiger partial charge in [-0.3, -0.25) is 9.78 Å². The van der Waals surface area contributed by atoms with Crippen LogP contribution >= 0.6 is 23.2 Å². The number of rotatable bonds is 7. The smallest absolute Gasteiger partial charge is 0.266 e. The molecule has 3 rings (SSSR count). The fourth-order valence-corrected chi connectivity index (χ4v) is 2.82. The second-order valence-electron chi connectivity index (χ2n) is 5.55. The van der Waals surface area contributed by atoms with Gasteiger partial charge in [-0.2, -0.15) is 0 Å². The van der Waals surface area contributed by atoms with Crippen LogP contribution in [0.4, 0.5) is 0 Å². The third kappa shape index (κ3) is 5.03. The third-order valence-electron chi connectivity index (χ3n) is 3.65.